The van der Waals surface area contributed by atoms with Gasteiger partial charge in [-0.3, -0.25) is 4.90 Å². The standard InChI is InChI=1S/C15H20F4N2/c1-11(13-4-2-3-5-14(13)16)20-8-12-6-7-21(9-12)10-15(17,18)19/h2-5,11-12,20H,6-10H2,1H3. The zero-order chi connectivity index (χ0) is 15.5. The lowest BCUT2D eigenvalue weighted by molar-refractivity contribution is -0.143. The zero-order valence-electron chi connectivity index (χ0n) is 12.0. The van der Waals surface area contributed by atoms with Crippen LogP contribution in [0.1, 0.15) is 24.9 Å². The summed E-state index contributed by atoms with van der Waals surface area (Å²) in [6, 6.07) is 6.39. The van der Waals surface area contributed by atoms with Crippen LogP contribution in [0.25, 0.3) is 0 Å². The summed E-state index contributed by atoms with van der Waals surface area (Å²) in [5.41, 5.74) is 0.586. The smallest absolute Gasteiger partial charge is 0.310 e. The summed E-state index contributed by atoms with van der Waals surface area (Å²) in [5.74, 6) is -0.0795. The Balaban J connectivity index is 1.78. The van der Waals surface area contributed by atoms with Crippen LogP contribution in [0.5, 0.6) is 0 Å². The van der Waals surface area contributed by atoms with Gasteiger partial charge < -0.3 is 5.32 Å². The van der Waals surface area contributed by atoms with Crippen molar-refractivity contribution in [3.05, 3.63) is 35.6 Å². The van der Waals surface area contributed by atoms with Crippen LogP contribution < -0.4 is 5.32 Å². The van der Waals surface area contributed by atoms with Crippen LogP contribution in [-0.2, 0) is 0 Å². The number of nitrogens with one attached hydrogen (secondary N) is 1. The summed E-state index contributed by atoms with van der Waals surface area (Å²) >= 11 is 0. The fourth-order valence-corrected chi connectivity index (χ4v) is 2.76. The largest absolute Gasteiger partial charge is 0.401 e. The van der Waals surface area contributed by atoms with Gasteiger partial charge >= 0.3 is 6.18 Å². The topological polar surface area (TPSA) is 15.3 Å². The number of halogens is 4. The predicted molar refractivity (Wildman–Crippen MR) is 73.4 cm³/mol. The Morgan fingerprint density at radius 2 is 2.05 bits per heavy atom. The van der Waals surface area contributed by atoms with Crippen molar-refractivity contribution in [2.45, 2.75) is 25.6 Å². The third kappa shape index (κ3) is 4.97. The van der Waals surface area contributed by atoms with Crippen LogP contribution in [0.3, 0.4) is 0 Å². The van der Waals surface area contributed by atoms with Gasteiger partial charge in [0.2, 0.25) is 0 Å². The molecule has 2 atom stereocenters. The quantitative estimate of drug-likeness (QED) is 0.839. The van der Waals surface area contributed by atoms with Gasteiger partial charge in [0.05, 0.1) is 6.54 Å². The first kappa shape index (κ1) is 16.2. The molecule has 0 aromatic heterocycles. The van der Waals surface area contributed by atoms with Gasteiger partial charge in [0.15, 0.2) is 0 Å². The van der Waals surface area contributed by atoms with Crippen LogP contribution in [0.15, 0.2) is 24.3 Å². The molecule has 2 unspecified atom stereocenters. The maximum atomic E-state index is 13.6. The van der Waals surface area contributed by atoms with E-state index in [1.54, 1.807) is 18.2 Å². The second-order valence-corrected chi connectivity index (χ2v) is 5.66. The van der Waals surface area contributed by atoms with E-state index in [1.165, 1.54) is 11.0 Å². The maximum absolute atomic E-state index is 13.6. The Kier molecular flexibility index (Phi) is 5.22. The summed E-state index contributed by atoms with van der Waals surface area (Å²) in [6.45, 7) is 2.54. The first-order valence-electron chi connectivity index (χ1n) is 7.12. The Morgan fingerprint density at radius 3 is 2.71 bits per heavy atom. The molecule has 2 rings (SSSR count). The normalized spacial score (nSPS) is 21.7. The first-order chi connectivity index (χ1) is 9.85. The maximum Gasteiger partial charge on any atom is 0.401 e. The number of benzene rings is 1. The molecule has 1 aromatic carbocycles. The Bertz CT molecular complexity index is 461. The van der Waals surface area contributed by atoms with E-state index in [1.807, 2.05) is 6.92 Å². The number of hydrogen-bond donors (Lipinski definition) is 1. The Labute approximate surface area is 122 Å². The number of rotatable bonds is 5. The van der Waals surface area contributed by atoms with Crippen molar-refractivity contribution in [3.8, 4) is 0 Å². The third-order valence-electron chi connectivity index (χ3n) is 3.86. The van der Waals surface area contributed by atoms with Crippen LogP contribution in [0, 0.1) is 11.7 Å². The van der Waals surface area contributed by atoms with Crippen LogP contribution in [0.2, 0.25) is 0 Å². The molecule has 0 saturated carbocycles. The molecule has 1 saturated heterocycles. The molecule has 1 aromatic rings. The minimum Gasteiger partial charge on any atom is -0.310 e. The predicted octanol–water partition coefficient (Wildman–Crippen LogP) is 3.36. The van der Waals surface area contributed by atoms with Gasteiger partial charge in [0.1, 0.15) is 5.82 Å². The van der Waals surface area contributed by atoms with Crippen molar-refractivity contribution in [2.24, 2.45) is 5.92 Å². The molecule has 0 spiro atoms. The van der Waals surface area contributed by atoms with E-state index in [0.29, 0.717) is 25.2 Å². The van der Waals surface area contributed by atoms with Crippen LogP contribution >= 0.6 is 0 Å². The molecule has 1 aliphatic heterocycles. The molecule has 0 bridgehead atoms. The number of likely N-dealkylation sites (tertiary alicyclic amines) is 1. The van der Waals surface area contributed by atoms with E-state index in [2.05, 4.69) is 5.32 Å². The number of nitrogens with zero attached hydrogens (tertiary/aromatic N) is 1. The fraction of sp³-hybridized carbons (Fsp3) is 0.600. The van der Waals surface area contributed by atoms with Gasteiger partial charge in [-0.15, -0.1) is 0 Å². The molecule has 0 amide bonds. The third-order valence-corrected chi connectivity index (χ3v) is 3.86. The van der Waals surface area contributed by atoms with Gasteiger partial charge in [-0.2, -0.15) is 13.2 Å². The van der Waals surface area contributed by atoms with Crippen molar-refractivity contribution >= 4 is 0 Å². The molecule has 118 valence electrons. The molecule has 1 N–H and O–H groups in total. The number of hydrogen-bond acceptors (Lipinski definition) is 2. The highest BCUT2D eigenvalue weighted by molar-refractivity contribution is 5.20. The number of alkyl halides is 3. The molecule has 0 aliphatic carbocycles. The van der Waals surface area contributed by atoms with Crippen molar-refractivity contribution in [1.29, 1.82) is 0 Å². The highest BCUT2D eigenvalue weighted by Crippen LogP contribution is 2.23. The molecule has 2 nitrogen and oxygen atoms in total. The Hall–Kier alpha value is -1.14. The van der Waals surface area contributed by atoms with E-state index in [-0.39, 0.29) is 17.8 Å². The van der Waals surface area contributed by atoms with Gasteiger partial charge in [-0.05, 0) is 38.4 Å². The summed E-state index contributed by atoms with van der Waals surface area (Å²) in [4.78, 5) is 1.43. The Morgan fingerprint density at radius 1 is 1.33 bits per heavy atom. The van der Waals surface area contributed by atoms with E-state index < -0.39 is 12.7 Å². The molecule has 6 heteroatoms. The summed E-state index contributed by atoms with van der Waals surface area (Å²) < 4.78 is 50.6. The average Bonchev–Trinajstić information content (AvgIpc) is 2.82. The first-order valence-corrected chi connectivity index (χ1v) is 7.12. The molecule has 1 fully saturated rings. The second kappa shape index (κ2) is 6.75. The lowest BCUT2D eigenvalue weighted by Gasteiger charge is -2.20. The minimum atomic E-state index is -4.14. The van der Waals surface area contributed by atoms with Gasteiger partial charge in [-0.25, -0.2) is 4.39 Å². The SMILES string of the molecule is CC(NCC1CCN(CC(F)(F)F)C1)c1ccccc1F. The van der Waals surface area contributed by atoms with Crippen LogP contribution in [-0.4, -0.2) is 37.3 Å². The van der Waals surface area contributed by atoms with E-state index in [9.17, 15) is 17.6 Å². The van der Waals surface area contributed by atoms with Crippen molar-refractivity contribution in [3.63, 3.8) is 0 Å². The zero-order valence-corrected chi connectivity index (χ0v) is 12.0. The van der Waals surface area contributed by atoms with E-state index >= 15 is 0 Å². The highest BCUT2D eigenvalue weighted by atomic mass is 19.4. The van der Waals surface area contributed by atoms with E-state index in [4.69, 9.17) is 0 Å². The van der Waals surface area contributed by atoms with Crippen molar-refractivity contribution < 1.29 is 17.6 Å². The van der Waals surface area contributed by atoms with Crippen molar-refractivity contribution in [2.75, 3.05) is 26.2 Å². The van der Waals surface area contributed by atoms with Gasteiger partial charge in [-0.1, -0.05) is 18.2 Å². The minimum absolute atomic E-state index is 0.150. The molecule has 0 radical (unpaired) electrons. The van der Waals surface area contributed by atoms with Gasteiger partial charge in [0.25, 0.3) is 0 Å². The second-order valence-electron chi connectivity index (χ2n) is 5.66. The van der Waals surface area contributed by atoms with Crippen molar-refractivity contribution in [1.82, 2.24) is 10.2 Å². The fourth-order valence-electron chi connectivity index (χ4n) is 2.76. The monoisotopic (exact) mass is 304 g/mol. The van der Waals surface area contributed by atoms with Crippen LogP contribution in [0.4, 0.5) is 17.6 Å². The van der Waals surface area contributed by atoms with E-state index in [0.717, 1.165) is 6.42 Å². The molecular formula is C15H20F4N2. The van der Waals surface area contributed by atoms with Gasteiger partial charge in [0, 0.05) is 18.2 Å². The molecular weight excluding hydrogens is 284 g/mol. The lowest BCUT2D eigenvalue weighted by Crippen LogP contribution is -2.34. The highest BCUT2D eigenvalue weighted by Gasteiger charge is 2.34. The average molecular weight is 304 g/mol. The molecule has 1 heterocycles. The molecule has 21 heavy (non-hydrogen) atoms. The summed E-state index contributed by atoms with van der Waals surface area (Å²) in [5, 5.41) is 3.22. The lowest BCUT2D eigenvalue weighted by atomic mass is 10.1. The molecule has 1 aliphatic rings. The summed E-state index contributed by atoms with van der Waals surface area (Å²) in [6.07, 6.45) is -3.39. The summed E-state index contributed by atoms with van der Waals surface area (Å²) in [7, 11) is 0.